The number of benzene rings is 2. The number of nitrogens with two attached hydrogens (primary N) is 2. The van der Waals surface area contributed by atoms with E-state index in [0.717, 1.165) is 37.1 Å². The van der Waals surface area contributed by atoms with Gasteiger partial charge >= 0.3 is 0 Å². The lowest BCUT2D eigenvalue weighted by molar-refractivity contribution is 0.752. The van der Waals surface area contributed by atoms with Crippen LogP contribution in [0.15, 0.2) is 24.3 Å². The topological polar surface area (TPSA) is 52.0 Å². The number of anilines is 2. The van der Waals surface area contributed by atoms with E-state index in [1.54, 1.807) is 0 Å². The molecule has 0 unspecified atom stereocenters. The number of rotatable bonds is 14. The Kier molecular flexibility index (Phi) is 11.1. The summed E-state index contributed by atoms with van der Waals surface area (Å²) in [5.74, 6) is 0.357. The summed E-state index contributed by atoms with van der Waals surface area (Å²) in [7, 11) is 0. The molecule has 2 nitrogen and oxygen atoms in total. The average molecular weight is 437 g/mol. The maximum atomic E-state index is 6.52. The molecule has 0 aliphatic heterocycles. The van der Waals surface area contributed by atoms with Crippen molar-refractivity contribution in [1.29, 1.82) is 0 Å². The van der Waals surface area contributed by atoms with Gasteiger partial charge in [0.1, 0.15) is 0 Å². The summed E-state index contributed by atoms with van der Waals surface area (Å²) in [6.45, 7) is 11.4. The first-order valence-corrected chi connectivity index (χ1v) is 13.3. The maximum absolute atomic E-state index is 6.52. The second kappa shape index (κ2) is 13.6. The molecular weight excluding hydrogens is 388 g/mol. The Morgan fingerprint density at radius 1 is 0.531 bits per heavy atom. The van der Waals surface area contributed by atoms with Crippen molar-refractivity contribution in [3.8, 4) is 0 Å². The first kappa shape index (κ1) is 26.3. The van der Waals surface area contributed by atoms with Crippen molar-refractivity contribution >= 4 is 11.4 Å². The monoisotopic (exact) mass is 436 g/mol. The number of nitrogen functional groups attached to an aromatic ring is 2. The quantitative estimate of drug-likeness (QED) is 0.292. The number of unbranched alkanes of at least 4 members (excludes halogenated alkanes) is 4. The van der Waals surface area contributed by atoms with Gasteiger partial charge in [-0.15, -0.1) is 0 Å². The molecule has 0 saturated carbocycles. The second-order valence-electron chi connectivity index (χ2n) is 9.64. The molecular formula is C30H48N2. The summed E-state index contributed by atoms with van der Waals surface area (Å²) in [5.41, 5.74) is 23.5. The van der Waals surface area contributed by atoms with Crippen molar-refractivity contribution < 1.29 is 0 Å². The minimum absolute atomic E-state index is 0.357. The van der Waals surface area contributed by atoms with Gasteiger partial charge in [-0.05, 0) is 96.9 Å². The highest BCUT2D eigenvalue weighted by Gasteiger charge is 2.19. The summed E-state index contributed by atoms with van der Waals surface area (Å²) in [4.78, 5) is 0. The highest BCUT2D eigenvalue weighted by Crippen LogP contribution is 2.36. The van der Waals surface area contributed by atoms with Gasteiger partial charge in [0.25, 0.3) is 0 Å². The van der Waals surface area contributed by atoms with Crippen molar-refractivity contribution in [3.05, 3.63) is 57.6 Å². The van der Waals surface area contributed by atoms with Gasteiger partial charge in [-0.1, -0.05) is 72.4 Å². The van der Waals surface area contributed by atoms with Crippen LogP contribution in [0.4, 0.5) is 11.4 Å². The molecule has 2 aromatic carbocycles. The van der Waals surface area contributed by atoms with Crippen LogP contribution >= 0.6 is 0 Å². The fraction of sp³-hybridized carbons (Fsp3) is 0.600. The molecule has 0 bridgehead atoms. The Labute approximate surface area is 198 Å². The molecule has 0 aromatic heterocycles. The van der Waals surface area contributed by atoms with Crippen LogP contribution in [0.5, 0.6) is 0 Å². The van der Waals surface area contributed by atoms with Gasteiger partial charge < -0.3 is 11.5 Å². The molecule has 32 heavy (non-hydrogen) atoms. The third-order valence-corrected chi connectivity index (χ3v) is 6.93. The average Bonchev–Trinajstić information content (AvgIpc) is 2.79. The predicted molar refractivity (Wildman–Crippen MR) is 144 cm³/mol. The number of hydrogen-bond acceptors (Lipinski definition) is 2. The molecule has 0 saturated heterocycles. The highest BCUT2D eigenvalue weighted by molar-refractivity contribution is 5.58. The summed E-state index contributed by atoms with van der Waals surface area (Å²) in [6, 6.07) is 9.44. The van der Waals surface area contributed by atoms with Crippen LogP contribution < -0.4 is 11.5 Å². The maximum Gasteiger partial charge on any atom is 0.0349 e. The molecule has 0 fully saturated rings. The van der Waals surface area contributed by atoms with Crippen LogP contribution in [0.1, 0.15) is 125 Å². The Hall–Kier alpha value is -1.96. The number of hydrogen-bond donors (Lipinski definition) is 2. The van der Waals surface area contributed by atoms with Crippen molar-refractivity contribution in [2.24, 2.45) is 0 Å². The van der Waals surface area contributed by atoms with Crippen LogP contribution in [-0.2, 0) is 25.7 Å². The third kappa shape index (κ3) is 7.02. The zero-order valence-electron chi connectivity index (χ0n) is 21.5. The standard InChI is InChI=1S/C30H48N2/c1-6-10-14-23-20-29(31)25(16-12-8-3)18-27(23)22(5)28-19-26(17-13-9-4)30(32)21-24(28)15-11-7-2/h18-22H,6-17,31-32H2,1-5H3. The molecule has 0 radical (unpaired) electrons. The third-order valence-electron chi connectivity index (χ3n) is 6.93. The minimum Gasteiger partial charge on any atom is -0.398 e. The second-order valence-corrected chi connectivity index (χ2v) is 9.64. The summed E-state index contributed by atoms with van der Waals surface area (Å²) in [5, 5.41) is 0. The Morgan fingerprint density at radius 2 is 0.844 bits per heavy atom. The molecule has 2 rings (SSSR count). The highest BCUT2D eigenvalue weighted by atomic mass is 14.6. The van der Waals surface area contributed by atoms with Gasteiger partial charge in [0.15, 0.2) is 0 Å². The Morgan fingerprint density at radius 3 is 1.16 bits per heavy atom. The molecule has 178 valence electrons. The summed E-state index contributed by atoms with van der Waals surface area (Å²) >= 11 is 0. The Bertz CT molecular complexity index is 768. The van der Waals surface area contributed by atoms with Gasteiger partial charge in [-0.25, -0.2) is 0 Å². The van der Waals surface area contributed by atoms with Crippen LogP contribution in [0, 0.1) is 0 Å². The number of aryl methyl sites for hydroxylation is 4. The lowest BCUT2D eigenvalue weighted by Crippen LogP contribution is -2.10. The zero-order valence-corrected chi connectivity index (χ0v) is 21.5. The minimum atomic E-state index is 0.357. The van der Waals surface area contributed by atoms with E-state index in [2.05, 4.69) is 58.9 Å². The zero-order chi connectivity index (χ0) is 23.5. The summed E-state index contributed by atoms with van der Waals surface area (Å²) in [6.07, 6.45) is 14.0. The van der Waals surface area contributed by atoms with Crippen LogP contribution in [0.3, 0.4) is 0 Å². The van der Waals surface area contributed by atoms with Crippen LogP contribution in [-0.4, -0.2) is 0 Å². The molecule has 0 spiro atoms. The van der Waals surface area contributed by atoms with Crippen molar-refractivity contribution in [1.82, 2.24) is 0 Å². The van der Waals surface area contributed by atoms with Gasteiger partial charge in [0.2, 0.25) is 0 Å². The van der Waals surface area contributed by atoms with Crippen molar-refractivity contribution in [3.63, 3.8) is 0 Å². The lowest BCUT2D eigenvalue weighted by Gasteiger charge is -2.24. The van der Waals surface area contributed by atoms with Crippen molar-refractivity contribution in [2.45, 2.75) is 118 Å². The van der Waals surface area contributed by atoms with Crippen LogP contribution in [0.25, 0.3) is 0 Å². The van der Waals surface area contributed by atoms with Gasteiger partial charge in [0.05, 0.1) is 0 Å². The molecule has 0 atom stereocenters. The molecule has 2 heteroatoms. The van der Waals surface area contributed by atoms with Gasteiger partial charge in [-0.3, -0.25) is 0 Å². The first-order chi connectivity index (χ1) is 15.5. The normalized spacial score (nSPS) is 11.4. The van der Waals surface area contributed by atoms with Gasteiger partial charge in [-0.2, -0.15) is 0 Å². The molecule has 0 aliphatic carbocycles. The fourth-order valence-electron chi connectivity index (χ4n) is 4.76. The van der Waals surface area contributed by atoms with E-state index in [1.165, 1.54) is 84.7 Å². The first-order valence-electron chi connectivity index (χ1n) is 13.3. The van der Waals surface area contributed by atoms with E-state index in [9.17, 15) is 0 Å². The van der Waals surface area contributed by atoms with Gasteiger partial charge in [0, 0.05) is 17.3 Å². The van der Waals surface area contributed by atoms with E-state index in [0.29, 0.717) is 5.92 Å². The summed E-state index contributed by atoms with van der Waals surface area (Å²) < 4.78 is 0. The van der Waals surface area contributed by atoms with E-state index in [4.69, 9.17) is 11.5 Å². The largest absolute Gasteiger partial charge is 0.398 e. The van der Waals surface area contributed by atoms with E-state index in [1.807, 2.05) is 0 Å². The van der Waals surface area contributed by atoms with Crippen LogP contribution in [0.2, 0.25) is 0 Å². The fourth-order valence-corrected chi connectivity index (χ4v) is 4.76. The molecule has 0 heterocycles. The lowest BCUT2D eigenvalue weighted by atomic mass is 9.81. The van der Waals surface area contributed by atoms with E-state index in [-0.39, 0.29) is 0 Å². The predicted octanol–water partition coefficient (Wildman–Crippen LogP) is 8.37. The van der Waals surface area contributed by atoms with Crippen molar-refractivity contribution in [2.75, 3.05) is 11.5 Å². The smallest absolute Gasteiger partial charge is 0.0349 e. The molecule has 0 aliphatic rings. The molecule has 2 aromatic rings. The SMILES string of the molecule is CCCCc1cc(C(C)c2cc(CCCC)c(N)cc2CCCC)c(CCCC)cc1N. The Balaban J connectivity index is 2.57. The molecule has 4 N–H and O–H groups in total. The van der Waals surface area contributed by atoms with E-state index >= 15 is 0 Å². The molecule has 0 amide bonds. The van der Waals surface area contributed by atoms with E-state index < -0.39 is 0 Å².